The summed E-state index contributed by atoms with van der Waals surface area (Å²) in [7, 11) is 0. The highest BCUT2D eigenvalue weighted by atomic mass is 35.5. The van der Waals surface area contributed by atoms with Crippen molar-refractivity contribution in [2.75, 3.05) is 26.2 Å². The van der Waals surface area contributed by atoms with Crippen LogP contribution in [0.5, 0.6) is 5.75 Å². The Balaban J connectivity index is 1.86. The number of allylic oxidation sites excluding steroid dienone is 1. The molecule has 0 saturated heterocycles. The van der Waals surface area contributed by atoms with E-state index in [1.807, 2.05) is 6.08 Å². The zero-order valence-corrected chi connectivity index (χ0v) is 20.8. The number of halogens is 4. The van der Waals surface area contributed by atoms with Crippen LogP contribution in [0.2, 0.25) is 5.02 Å². The molecule has 1 aliphatic carbocycles. The molecule has 1 unspecified atom stereocenters. The van der Waals surface area contributed by atoms with E-state index in [9.17, 15) is 23.1 Å². The van der Waals surface area contributed by atoms with Crippen molar-refractivity contribution >= 4 is 17.2 Å². The van der Waals surface area contributed by atoms with Gasteiger partial charge in [0.25, 0.3) is 5.56 Å². The average Bonchev–Trinajstić information content (AvgIpc) is 3.22. The maximum atomic E-state index is 13.1. The predicted molar refractivity (Wildman–Crippen MR) is 132 cm³/mol. The number of nitrogens with one attached hydrogen (secondary N) is 1. The lowest BCUT2D eigenvalue weighted by atomic mass is 9.95. The second-order valence-electron chi connectivity index (χ2n) is 8.79. The number of pyridine rings is 1. The fourth-order valence-electron chi connectivity index (χ4n) is 4.37. The number of rotatable bonds is 10. The highest BCUT2D eigenvalue weighted by molar-refractivity contribution is 6.32. The molecule has 0 radical (unpaired) electrons. The monoisotopic (exact) mass is 512 g/mol. The largest absolute Gasteiger partial charge is 0.492 e. The number of hydrogen-bond acceptors (Lipinski definition) is 4. The first kappa shape index (κ1) is 27.3. The van der Waals surface area contributed by atoms with E-state index in [1.165, 1.54) is 6.07 Å². The molecule has 0 aliphatic heterocycles. The van der Waals surface area contributed by atoms with E-state index in [1.54, 1.807) is 18.2 Å². The molecule has 35 heavy (non-hydrogen) atoms. The molecule has 2 N–H and O–H groups in total. The Morgan fingerprint density at radius 3 is 2.54 bits per heavy atom. The van der Waals surface area contributed by atoms with Crippen molar-refractivity contribution in [2.24, 2.45) is 5.92 Å². The fourth-order valence-corrected chi connectivity index (χ4v) is 4.60. The topological polar surface area (TPSA) is 65.6 Å². The van der Waals surface area contributed by atoms with Gasteiger partial charge in [0, 0.05) is 17.8 Å². The lowest BCUT2D eigenvalue weighted by Gasteiger charge is -2.18. The maximum Gasteiger partial charge on any atom is 0.421 e. The van der Waals surface area contributed by atoms with Crippen LogP contribution in [0.4, 0.5) is 13.2 Å². The van der Waals surface area contributed by atoms with E-state index in [0.29, 0.717) is 41.4 Å². The SMILES string of the molecule is CCN(CC)CCCOc1ccc(C(=C[C@H]2CCC(O)C2)c2ccc(C(F)(F)F)c(=O)[nH]2)cc1Cl. The number of hydrogen-bond donors (Lipinski definition) is 2. The van der Waals surface area contributed by atoms with E-state index in [4.69, 9.17) is 16.3 Å². The minimum absolute atomic E-state index is 0.0283. The molecule has 2 aromatic rings. The standard InChI is InChI=1S/C26H32ClF3N2O3/c1-3-32(4-2)12-5-13-35-24-11-7-18(16-22(24)27)20(15-17-6-8-19(33)14-17)23-10-9-21(25(34)31-23)26(28,29)30/h7,9-11,15-17,19,33H,3-6,8,12-14H2,1-2H3,(H,31,34)/t17-,19?/m0/s1. The number of aromatic amines is 1. The second-order valence-corrected chi connectivity index (χ2v) is 9.20. The number of alkyl halides is 3. The van der Waals surface area contributed by atoms with Crippen molar-refractivity contribution in [3.63, 3.8) is 0 Å². The van der Waals surface area contributed by atoms with Crippen molar-refractivity contribution in [1.82, 2.24) is 9.88 Å². The normalized spacial score (nSPS) is 18.9. The van der Waals surface area contributed by atoms with E-state index in [2.05, 4.69) is 23.7 Å². The second kappa shape index (κ2) is 12.1. The number of ether oxygens (including phenoxy) is 1. The quantitative estimate of drug-likeness (QED) is 0.398. The number of nitrogens with zero attached hydrogens (tertiary/aromatic N) is 1. The van der Waals surface area contributed by atoms with Crippen molar-refractivity contribution in [1.29, 1.82) is 0 Å². The first-order valence-corrected chi connectivity index (χ1v) is 12.4. The molecule has 2 atom stereocenters. The Bertz CT molecular complexity index is 1080. The van der Waals surface area contributed by atoms with Gasteiger partial charge in [0.1, 0.15) is 11.3 Å². The first-order valence-electron chi connectivity index (χ1n) is 12.0. The van der Waals surface area contributed by atoms with Crippen LogP contribution in [0.3, 0.4) is 0 Å². The smallest absolute Gasteiger partial charge is 0.421 e. The van der Waals surface area contributed by atoms with Gasteiger partial charge in [-0.2, -0.15) is 13.2 Å². The van der Waals surface area contributed by atoms with Gasteiger partial charge < -0.3 is 19.7 Å². The molecule has 1 aliphatic rings. The van der Waals surface area contributed by atoms with E-state index >= 15 is 0 Å². The van der Waals surface area contributed by atoms with E-state index < -0.39 is 23.4 Å². The van der Waals surface area contributed by atoms with Gasteiger partial charge in [0.15, 0.2) is 0 Å². The Labute approximate surface area is 208 Å². The van der Waals surface area contributed by atoms with Crippen LogP contribution < -0.4 is 10.3 Å². The number of aromatic nitrogens is 1. The van der Waals surface area contributed by atoms with E-state index in [0.717, 1.165) is 38.5 Å². The molecule has 0 bridgehead atoms. The lowest BCUT2D eigenvalue weighted by molar-refractivity contribution is -0.138. The summed E-state index contributed by atoms with van der Waals surface area (Å²) >= 11 is 6.49. The van der Waals surface area contributed by atoms with E-state index in [-0.39, 0.29) is 11.6 Å². The van der Waals surface area contributed by atoms with Gasteiger partial charge in [0.05, 0.1) is 17.7 Å². The van der Waals surface area contributed by atoms with Crippen LogP contribution in [0.15, 0.2) is 41.2 Å². The highest BCUT2D eigenvalue weighted by Gasteiger charge is 2.34. The summed E-state index contributed by atoms with van der Waals surface area (Å²) in [5.74, 6) is 0.548. The Morgan fingerprint density at radius 1 is 1.23 bits per heavy atom. The summed E-state index contributed by atoms with van der Waals surface area (Å²) in [4.78, 5) is 16.9. The van der Waals surface area contributed by atoms with Crippen LogP contribution >= 0.6 is 11.6 Å². The zero-order chi connectivity index (χ0) is 25.6. The summed E-state index contributed by atoms with van der Waals surface area (Å²) in [6.45, 7) is 7.60. The summed E-state index contributed by atoms with van der Waals surface area (Å²) in [6, 6.07) is 7.25. The third-order valence-corrected chi connectivity index (χ3v) is 6.66. The van der Waals surface area contributed by atoms with Gasteiger partial charge in [-0.25, -0.2) is 0 Å². The van der Waals surface area contributed by atoms with Crippen molar-refractivity contribution in [3.05, 3.63) is 68.6 Å². The van der Waals surface area contributed by atoms with Crippen molar-refractivity contribution in [3.8, 4) is 5.75 Å². The molecular weight excluding hydrogens is 481 g/mol. The van der Waals surface area contributed by atoms with Crippen LogP contribution in [-0.2, 0) is 6.18 Å². The van der Waals surface area contributed by atoms with Gasteiger partial charge in [0.2, 0.25) is 0 Å². The average molecular weight is 513 g/mol. The highest BCUT2D eigenvalue weighted by Crippen LogP contribution is 2.35. The molecule has 3 rings (SSSR count). The van der Waals surface area contributed by atoms with Crippen molar-refractivity contribution < 1.29 is 23.0 Å². The van der Waals surface area contributed by atoms with Gasteiger partial charge >= 0.3 is 6.18 Å². The summed E-state index contributed by atoms with van der Waals surface area (Å²) in [5.41, 5.74) is -0.990. The van der Waals surface area contributed by atoms with Gasteiger partial charge in [-0.05, 0) is 74.5 Å². The lowest BCUT2D eigenvalue weighted by Crippen LogP contribution is -2.25. The molecule has 5 nitrogen and oxygen atoms in total. The number of H-pyrrole nitrogens is 1. The third-order valence-electron chi connectivity index (χ3n) is 6.37. The molecule has 192 valence electrons. The fraction of sp³-hybridized carbons (Fsp3) is 0.500. The Morgan fingerprint density at radius 2 is 1.97 bits per heavy atom. The first-order chi connectivity index (χ1) is 16.6. The summed E-state index contributed by atoms with van der Waals surface area (Å²) in [5, 5.41) is 10.3. The summed E-state index contributed by atoms with van der Waals surface area (Å²) < 4.78 is 45.1. The predicted octanol–water partition coefficient (Wildman–Crippen LogP) is 5.75. The third kappa shape index (κ3) is 7.35. The molecule has 1 aromatic heterocycles. The van der Waals surface area contributed by atoms with Crippen LogP contribution in [0.1, 0.15) is 56.4 Å². The number of aliphatic hydroxyl groups excluding tert-OH is 1. The molecule has 0 amide bonds. The zero-order valence-electron chi connectivity index (χ0n) is 20.0. The van der Waals surface area contributed by atoms with Gasteiger partial charge in [-0.15, -0.1) is 0 Å². The van der Waals surface area contributed by atoms with Crippen LogP contribution in [0, 0.1) is 5.92 Å². The summed E-state index contributed by atoms with van der Waals surface area (Å²) in [6.07, 6.45) is -0.461. The molecule has 9 heteroatoms. The van der Waals surface area contributed by atoms with Gasteiger partial charge in [-0.3, -0.25) is 4.79 Å². The molecule has 0 spiro atoms. The van der Waals surface area contributed by atoms with Crippen LogP contribution in [0.25, 0.3) is 5.57 Å². The van der Waals surface area contributed by atoms with Crippen LogP contribution in [-0.4, -0.2) is 47.3 Å². The molecule has 1 fully saturated rings. The molecule has 1 heterocycles. The minimum Gasteiger partial charge on any atom is -0.492 e. The number of benzene rings is 1. The van der Waals surface area contributed by atoms with Gasteiger partial charge in [-0.1, -0.05) is 37.6 Å². The molecule has 1 saturated carbocycles. The van der Waals surface area contributed by atoms with Crippen molar-refractivity contribution in [2.45, 2.75) is 51.8 Å². The maximum absolute atomic E-state index is 13.1. The minimum atomic E-state index is -4.74. The molecular formula is C26H32ClF3N2O3. The Kier molecular flexibility index (Phi) is 9.44. The number of aliphatic hydroxyl groups is 1. The Hall–Kier alpha value is -2.29. The molecule has 1 aromatic carbocycles.